The van der Waals surface area contributed by atoms with E-state index in [9.17, 15) is 9.50 Å². The number of benzene rings is 1. The van der Waals surface area contributed by atoms with Gasteiger partial charge in [0.2, 0.25) is 0 Å². The highest BCUT2D eigenvalue weighted by atomic mass is 35.5. The van der Waals surface area contributed by atoms with Crippen molar-refractivity contribution < 1.29 is 9.50 Å². The maximum absolute atomic E-state index is 13.8. The van der Waals surface area contributed by atoms with Gasteiger partial charge in [0, 0.05) is 16.6 Å². The van der Waals surface area contributed by atoms with Crippen LogP contribution < -0.4 is 0 Å². The SMILES string of the molecule is OC1C2CCN(CC2)C1Cc1c(F)cccc1Cl. The van der Waals surface area contributed by atoms with Gasteiger partial charge in [-0.25, -0.2) is 4.39 Å². The number of rotatable bonds is 2. The molecule has 0 amide bonds. The van der Waals surface area contributed by atoms with E-state index in [1.807, 2.05) is 0 Å². The Balaban J connectivity index is 1.84. The largest absolute Gasteiger partial charge is 0.391 e. The fourth-order valence-electron chi connectivity index (χ4n) is 3.31. The first-order valence-corrected chi connectivity index (χ1v) is 6.89. The Morgan fingerprint density at radius 2 is 2.06 bits per heavy atom. The van der Waals surface area contributed by atoms with Crippen molar-refractivity contribution in [3.8, 4) is 0 Å². The molecule has 0 aliphatic carbocycles. The molecule has 98 valence electrons. The van der Waals surface area contributed by atoms with Crippen molar-refractivity contribution in [2.24, 2.45) is 5.92 Å². The van der Waals surface area contributed by atoms with E-state index in [1.165, 1.54) is 6.07 Å². The van der Waals surface area contributed by atoms with Crippen molar-refractivity contribution in [2.45, 2.75) is 31.4 Å². The second-order valence-electron chi connectivity index (χ2n) is 5.34. The predicted octanol–water partition coefficient (Wildman–Crippen LogP) is 2.48. The maximum Gasteiger partial charge on any atom is 0.127 e. The van der Waals surface area contributed by atoms with Crippen LogP contribution in [0.15, 0.2) is 18.2 Å². The first-order chi connectivity index (χ1) is 8.66. The Morgan fingerprint density at radius 1 is 1.33 bits per heavy atom. The number of nitrogens with zero attached hydrogens (tertiary/aromatic N) is 1. The van der Waals surface area contributed by atoms with Crippen LogP contribution in [-0.4, -0.2) is 35.2 Å². The van der Waals surface area contributed by atoms with Crippen LogP contribution in [0.3, 0.4) is 0 Å². The average molecular weight is 270 g/mol. The Hall–Kier alpha value is -0.640. The molecule has 2 nitrogen and oxygen atoms in total. The number of fused-ring (bicyclic) bond motifs is 3. The van der Waals surface area contributed by atoms with E-state index in [0.717, 1.165) is 25.9 Å². The summed E-state index contributed by atoms with van der Waals surface area (Å²) in [5.74, 6) is 0.114. The first kappa shape index (κ1) is 12.4. The zero-order valence-corrected chi connectivity index (χ0v) is 10.9. The third-order valence-corrected chi connectivity index (χ3v) is 4.75. The molecule has 1 N–H and O–H groups in total. The van der Waals surface area contributed by atoms with E-state index in [0.29, 0.717) is 22.9 Å². The smallest absolute Gasteiger partial charge is 0.127 e. The van der Waals surface area contributed by atoms with Gasteiger partial charge in [-0.05, 0) is 50.4 Å². The van der Waals surface area contributed by atoms with Crippen molar-refractivity contribution in [3.05, 3.63) is 34.6 Å². The third kappa shape index (κ3) is 2.04. The van der Waals surface area contributed by atoms with Crippen LogP contribution in [0.4, 0.5) is 4.39 Å². The van der Waals surface area contributed by atoms with Crippen molar-refractivity contribution in [2.75, 3.05) is 13.1 Å². The van der Waals surface area contributed by atoms with E-state index in [1.54, 1.807) is 12.1 Å². The van der Waals surface area contributed by atoms with Gasteiger partial charge in [0.25, 0.3) is 0 Å². The molecule has 1 aromatic rings. The van der Waals surface area contributed by atoms with Crippen LogP contribution >= 0.6 is 11.6 Å². The number of aliphatic hydroxyl groups excluding tert-OH is 1. The number of piperidine rings is 3. The van der Waals surface area contributed by atoms with Crippen LogP contribution in [0.2, 0.25) is 5.02 Å². The minimum Gasteiger partial charge on any atom is -0.391 e. The van der Waals surface area contributed by atoms with Crippen LogP contribution in [0.25, 0.3) is 0 Å². The summed E-state index contributed by atoms with van der Waals surface area (Å²) in [5, 5.41) is 10.8. The molecule has 2 unspecified atom stereocenters. The molecule has 3 saturated heterocycles. The van der Waals surface area contributed by atoms with Crippen molar-refractivity contribution >= 4 is 11.6 Å². The van der Waals surface area contributed by atoms with E-state index in [4.69, 9.17) is 11.6 Å². The molecule has 3 fully saturated rings. The molecule has 2 bridgehead atoms. The summed E-state index contributed by atoms with van der Waals surface area (Å²) in [4.78, 5) is 2.27. The highest BCUT2D eigenvalue weighted by molar-refractivity contribution is 6.31. The van der Waals surface area contributed by atoms with E-state index >= 15 is 0 Å². The quantitative estimate of drug-likeness (QED) is 0.892. The normalized spacial score (nSPS) is 34.8. The van der Waals surface area contributed by atoms with Gasteiger partial charge in [-0.15, -0.1) is 0 Å². The van der Waals surface area contributed by atoms with Crippen LogP contribution in [-0.2, 0) is 6.42 Å². The molecule has 0 spiro atoms. The predicted molar refractivity (Wildman–Crippen MR) is 69.2 cm³/mol. The van der Waals surface area contributed by atoms with Gasteiger partial charge in [0.05, 0.1) is 6.10 Å². The van der Waals surface area contributed by atoms with E-state index in [2.05, 4.69) is 4.90 Å². The average Bonchev–Trinajstić information content (AvgIpc) is 2.37. The van der Waals surface area contributed by atoms with Gasteiger partial charge >= 0.3 is 0 Å². The number of aliphatic hydroxyl groups is 1. The van der Waals surface area contributed by atoms with Crippen molar-refractivity contribution in [3.63, 3.8) is 0 Å². The first-order valence-electron chi connectivity index (χ1n) is 6.52. The lowest BCUT2D eigenvalue weighted by Gasteiger charge is -2.49. The second kappa shape index (κ2) is 4.80. The molecule has 0 radical (unpaired) electrons. The molecule has 4 rings (SSSR count). The zero-order valence-electron chi connectivity index (χ0n) is 10.1. The number of halogens is 2. The minimum absolute atomic E-state index is 0.0203. The molecule has 3 heterocycles. The highest BCUT2D eigenvalue weighted by Gasteiger charge is 2.41. The van der Waals surface area contributed by atoms with E-state index in [-0.39, 0.29) is 18.0 Å². The minimum atomic E-state index is -0.344. The Labute approximate surface area is 111 Å². The zero-order chi connectivity index (χ0) is 12.7. The lowest BCUT2D eigenvalue weighted by Crippen LogP contribution is -2.58. The lowest BCUT2D eigenvalue weighted by molar-refractivity contribution is -0.0717. The summed E-state index contributed by atoms with van der Waals surface area (Å²) in [6.07, 6.45) is 2.28. The van der Waals surface area contributed by atoms with Gasteiger partial charge in [-0.3, -0.25) is 4.90 Å². The van der Waals surface area contributed by atoms with Crippen LogP contribution in [0, 0.1) is 11.7 Å². The summed E-state index contributed by atoms with van der Waals surface area (Å²) in [6.45, 7) is 2.02. The summed E-state index contributed by atoms with van der Waals surface area (Å²) < 4.78 is 13.8. The molecule has 0 aromatic heterocycles. The van der Waals surface area contributed by atoms with E-state index < -0.39 is 0 Å². The maximum atomic E-state index is 13.8. The highest BCUT2D eigenvalue weighted by Crippen LogP contribution is 2.35. The molecule has 3 aliphatic rings. The third-order valence-electron chi connectivity index (χ3n) is 4.40. The molecule has 1 aromatic carbocycles. The standard InChI is InChI=1S/C14H17ClFNO/c15-11-2-1-3-12(16)10(11)8-13-14(18)9-4-6-17(13)7-5-9/h1-3,9,13-14,18H,4-8H2. The molecule has 0 saturated carbocycles. The fourth-order valence-corrected chi connectivity index (χ4v) is 3.55. The van der Waals surface area contributed by atoms with Gasteiger partial charge in [0.15, 0.2) is 0 Å². The summed E-state index contributed by atoms with van der Waals surface area (Å²) >= 11 is 6.06. The van der Waals surface area contributed by atoms with Gasteiger partial charge < -0.3 is 5.11 Å². The molecule has 4 heteroatoms. The molecule has 3 aliphatic heterocycles. The lowest BCUT2D eigenvalue weighted by atomic mass is 9.78. The van der Waals surface area contributed by atoms with Gasteiger partial charge in [-0.1, -0.05) is 17.7 Å². The summed E-state index contributed by atoms with van der Waals surface area (Å²) in [5.41, 5.74) is 0.538. The molecular formula is C14H17ClFNO. The number of hydrogen-bond donors (Lipinski definition) is 1. The van der Waals surface area contributed by atoms with Crippen LogP contribution in [0.1, 0.15) is 18.4 Å². The monoisotopic (exact) mass is 269 g/mol. The van der Waals surface area contributed by atoms with Gasteiger partial charge in [0.1, 0.15) is 5.82 Å². The second-order valence-corrected chi connectivity index (χ2v) is 5.74. The Kier molecular flexibility index (Phi) is 3.31. The van der Waals surface area contributed by atoms with Crippen molar-refractivity contribution in [1.29, 1.82) is 0 Å². The summed E-state index contributed by atoms with van der Waals surface area (Å²) in [6, 6.07) is 4.78. The Morgan fingerprint density at radius 3 is 2.67 bits per heavy atom. The molecular weight excluding hydrogens is 253 g/mol. The Bertz CT molecular complexity index is 423. The molecule has 18 heavy (non-hydrogen) atoms. The fraction of sp³-hybridized carbons (Fsp3) is 0.571. The summed E-state index contributed by atoms with van der Waals surface area (Å²) in [7, 11) is 0. The van der Waals surface area contributed by atoms with Crippen LogP contribution in [0.5, 0.6) is 0 Å². The number of hydrogen-bond acceptors (Lipinski definition) is 2. The topological polar surface area (TPSA) is 23.5 Å². The van der Waals surface area contributed by atoms with Crippen molar-refractivity contribution in [1.82, 2.24) is 4.90 Å². The van der Waals surface area contributed by atoms with Gasteiger partial charge in [-0.2, -0.15) is 0 Å². The molecule has 2 atom stereocenters.